The molecule has 1 rings (SSSR count). The van der Waals surface area contributed by atoms with E-state index in [-0.39, 0.29) is 5.92 Å². The Labute approximate surface area is 69.5 Å². The first-order chi connectivity index (χ1) is 5.20. The molecule has 0 amide bonds. The monoisotopic (exact) mass is 170 g/mol. The molecule has 3 heteroatoms. The second-order valence-electron chi connectivity index (χ2n) is 2.58. The average Bonchev–Trinajstić information content (AvgIpc) is 2.39. The fraction of sp³-hybridized carbons (Fsp3) is 0.375. The Hall–Kier alpha value is -0.830. The van der Waals surface area contributed by atoms with E-state index in [9.17, 15) is 4.79 Å². The zero-order valence-corrected chi connectivity index (χ0v) is 7.10. The van der Waals surface area contributed by atoms with Gasteiger partial charge >= 0.3 is 5.97 Å². The van der Waals surface area contributed by atoms with E-state index >= 15 is 0 Å². The summed E-state index contributed by atoms with van der Waals surface area (Å²) in [6, 6.07) is 1.96. The van der Waals surface area contributed by atoms with Gasteiger partial charge in [-0.25, -0.2) is 0 Å². The third-order valence-electron chi connectivity index (χ3n) is 1.54. The molecule has 0 saturated heterocycles. The van der Waals surface area contributed by atoms with Crippen molar-refractivity contribution >= 4 is 17.3 Å². The van der Waals surface area contributed by atoms with Crippen LogP contribution in [0.25, 0.3) is 0 Å². The number of aliphatic carboxylic acids is 1. The smallest absolute Gasteiger partial charge is 0.306 e. The molecule has 0 unspecified atom stereocenters. The molecule has 1 aromatic heterocycles. The highest BCUT2D eigenvalue weighted by atomic mass is 32.1. The molecule has 0 spiro atoms. The SMILES string of the molecule is C[C@@H](Cc1ccsc1)C(=O)O. The Morgan fingerprint density at radius 2 is 2.55 bits per heavy atom. The van der Waals surface area contributed by atoms with E-state index < -0.39 is 5.97 Å². The third kappa shape index (κ3) is 2.35. The van der Waals surface area contributed by atoms with Crippen LogP contribution in [0, 0.1) is 5.92 Å². The second-order valence-corrected chi connectivity index (χ2v) is 3.36. The van der Waals surface area contributed by atoms with Crippen LogP contribution in [0.5, 0.6) is 0 Å². The molecule has 1 heterocycles. The van der Waals surface area contributed by atoms with E-state index in [4.69, 9.17) is 5.11 Å². The third-order valence-corrected chi connectivity index (χ3v) is 2.28. The van der Waals surface area contributed by atoms with Gasteiger partial charge in [-0.3, -0.25) is 4.79 Å². The molecule has 0 fully saturated rings. The first kappa shape index (κ1) is 8.27. The van der Waals surface area contributed by atoms with Gasteiger partial charge in [0.05, 0.1) is 5.92 Å². The van der Waals surface area contributed by atoms with Gasteiger partial charge in [-0.15, -0.1) is 0 Å². The summed E-state index contributed by atoms with van der Waals surface area (Å²) in [7, 11) is 0. The Bertz CT molecular complexity index is 228. The molecule has 0 aliphatic rings. The van der Waals surface area contributed by atoms with E-state index in [0.29, 0.717) is 6.42 Å². The van der Waals surface area contributed by atoms with Crippen LogP contribution in [0.1, 0.15) is 12.5 Å². The average molecular weight is 170 g/mol. The van der Waals surface area contributed by atoms with Crippen LogP contribution in [0.3, 0.4) is 0 Å². The number of thiophene rings is 1. The number of carboxylic acid groups (broad SMARTS) is 1. The maximum absolute atomic E-state index is 10.4. The van der Waals surface area contributed by atoms with Gasteiger partial charge in [0.25, 0.3) is 0 Å². The Kier molecular flexibility index (Phi) is 2.65. The van der Waals surface area contributed by atoms with Crippen LogP contribution >= 0.6 is 11.3 Å². The summed E-state index contributed by atoms with van der Waals surface area (Å²) in [4.78, 5) is 10.4. The lowest BCUT2D eigenvalue weighted by Gasteiger charge is -2.02. The molecule has 60 valence electrons. The summed E-state index contributed by atoms with van der Waals surface area (Å²) in [6.07, 6.45) is 0.638. The standard InChI is InChI=1S/C8H10O2S/c1-6(8(9)10)4-7-2-3-11-5-7/h2-3,5-6H,4H2,1H3,(H,9,10)/t6-/m0/s1. The largest absolute Gasteiger partial charge is 0.481 e. The summed E-state index contributed by atoms with van der Waals surface area (Å²) in [5.74, 6) is -0.999. The molecule has 2 nitrogen and oxygen atoms in total. The second kappa shape index (κ2) is 3.53. The van der Waals surface area contributed by atoms with Crippen LogP contribution in [0.15, 0.2) is 16.8 Å². The molecule has 0 saturated carbocycles. The van der Waals surface area contributed by atoms with Crippen LogP contribution in [0.4, 0.5) is 0 Å². The number of hydrogen-bond acceptors (Lipinski definition) is 2. The van der Waals surface area contributed by atoms with Gasteiger partial charge in [0.1, 0.15) is 0 Å². The molecule has 11 heavy (non-hydrogen) atoms. The zero-order chi connectivity index (χ0) is 8.27. The molecule has 0 aliphatic heterocycles. The topological polar surface area (TPSA) is 37.3 Å². The lowest BCUT2D eigenvalue weighted by atomic mass is 10.0. The van der Waals surface area contributed by atoms with Gasteiger partial charge in [0.2, 0.25) is 0 Å². The fourth-order valence-corrected chi connectivity index (χ4v) is 1.53. The molecule has 0 radical (unpaired) electrons. The van der Waals surface area contributed by atoms with E-state index in [0.717, 1.165) is 5.56 Å². The van der Waals surface area contributed by atoms with Crippen molar-refractivity contribution in [2.45, 2.75) is 13.3 Å². The van der Waals surface area contributed by atoms with Gasteiger partial charge in [-0.1, -0.05) is 6.92 Å². The highest BCUT2D eigenvalue weighted by Gasteiger charge is 2.10. The highest BCUT2D eigenvalue weighted by Crippen LogP contribution is 2.11. The Morgan fingerprint density at radius 1 is 1.82 bits per heavy atom. The highest BCUT2D eigenvalue weighted by molar-refractivity contribution is 7.07. The molecule has 1 aromatic rings. The summed E-state index contributed by atoms with van der Waals surface area (Å²) in [5.41, 5.74) is 1.12. The lowest BCUT2D eigenvalue weighted by molar-refractivity contribution is -0.141. The van der Waals surface area contributed by atoms with Crippen LogP contribution < -0.4 is 0 Å². The molecule has 1 N–H and O–H groups in total. The maximum atomic E-state index is 10.4. The quantitative estimate of drug-likeness (QED) is 0.753. The first-order valence-corrected chi connectivity index (χ1v) is 4.38. The maximum Gasteiger partial charge on any atom is 0.306 e. The molecule has 0 aromatic carbocycles. The summed E-state index contributed by atoms with van der Waals surface area (Å²) >= 11 is 1.60. The molecule has 1 atom stereocenters. The molecular formula is C8H10O2S. The predicted octanol–water partition coefficient (Wildman–Crippen LogP) is 2.01. The van der Waals surface area contributed by atoms with Crippen molar-refractivity contribution < 1.29 is 9.90 Å². The van der Waals surface area contributed by atoms with E-state index in [1.54, 1.807) is 18.3 Å². The van der Waals surface area contributed by atoms with Gasteiger partial charge in [0.15, 0.2) is 0 Å². The lowest BCUT2D eigenvalue weighted by Crippen LogP contribution is -2.11. The minimum absolute atomic E-state index is 0.274. The summed E-state index contributed by atoms with van der Waals surface area (Å²) in [5, 5.41) is 12.5. The zero-order valence-electron chi connectivity index (χ0n) is 6.28. The molecule has 0 bridgehead atoms. The number of rotatable bonds is 3. The van der Waals surface area contributed by atoms with Crippen molar-refractivity contribution in [3.8, 4) is 0 Å². The number of carboxylic acids is 1. The van der Waals surface area contributed by atoms with Gasteiger partial charge < -0.3 is 5.11 Å². The van der Waals surface area contributed by atoms with Crippen LogP contribution in [-0.4, -0.2) is 11.1 Å². The summed E-state index contributed by atoms with van der Waals surface area (Å²) in [6.45, 7) is 1.72. The van der Waals surface area contributed by atoms with Crippen molar-refractivity contribution in [2.24, 2.45) is 5.92 Å². The van der Waals surface area contributed by atoms with Gasteiger partial charge in [-0.05, 0) is 28.8 Å². The fourth-order valence-electron chi connectivity index (χ4n) is 0.850. The Balaban J connectivity index is 2.50. The van der Waals surface area contributed by atoms with E-state index in [1.807, 2.05) is 16.8 Å². The first-order valence-electron chi connectivity index (χ1n) is 3.44. The molecule has 0 aliphatic carbocycles. The number of hydrogen-bond donors (Lipinski definition) is 1. The van der Waals surface area contributed by atoms with Gasteiger partial charge in [0, 0.05) is 0 Å². The minimum atomic E-state index is -0.726. The minimum Gasteiger partial charge on any atom is -0.481 e. The van der Waals surface area contributed by atoms with Crippen LogP contribution in [-0.2, 0) is 11.2 Å². The van der Waals surface area contributed by atoms with E-state index in [1.165, 1.54) is 0 Å². The Morgan fingerprint density at radius 3 is 3.00 bits per heavy atom. The normalized spacial score (nSPS) is 12.8. The summed E-state index contributed by atoms with van der Waals surface area (Å²) < 4.78 is 0. The number of carbonyl (C=O) groups is 1. The van der Waals surface area contributed by atoms with Gasteiger partial charge in [-0.2, -0.15) is 11.3 Å². The van der Waals surface area contributed by atoms with Crippen molar-refractivity contribution in [1.29, 1.82) is 0 Å². The van der Waals surface area contributed by atoms with Crippen molar-refractivity contribution in [3.05, 3.63) is 22.4 Å². The van der Waals surface area contributed by atoms with E-state index in [2.05, 4.69) is 0 Å². The van der Waals surface area contributed by atoms with Crippen molar-refractivity contribution in [3.63, 3.8) is 0 Å². The van der Waals surface area contributed by atoms with Crippen LogP contribution in [0.2, 0.25) is 0 Å². The predicted molar refractivity (Wildman–Crippen MR) is 44.8 cm³/mol. The van der Waals surface area contributed by atoms with Crippen molar-refractivity contribution in [2.75, 3.05) is 0 Å². The molecular weight excluding hydrogens is 160 g/mol. The van der Waals surface area contributed by atoms with Crippen molar-refractivity contribution in [1.82, 2.24) is 0 Å².